The number of nitrogens with zero attached hydrogens (tertiary/aromatic N) is 1. The summed E-state index contributed by atoms with van der Waals surface area (Å²) in [7, 11) is 1.32. The summed E-state index contributed by atoms with van der Waals surface area (Å²) >= 11 is 0. The van der Waals surface area contributed by atoms with Gasteiger partial charge in [0.1, 0.15) is 5.76 Å². The molecule has 0 saturated carbocycles. The van der Waals surface area contributed by atoms with Gasteiger partial charge < -0.3 is 19.6 Å². The molecule has 0 fully saturated rings. The van der Waals surface area contributed by atoms with Crippen molar-refractivity contribution in [1.82, 2.24) is 15.5 Å². The SMILES string of the molecule is COC(=O)CCNC(=O)c1cc(-c2ccc(-c3c(C)noc3C)cc2)[nH]c1C. The predicted molar refractivity (Wildman–Crippen MR) is 105 cm³/mol. The van der Waals surface area contributed by atoms with Gasteiger partial charge >= 0.3 is 5.97 Å². The summed E-state index contributed by atoms with van der Waals surface area (Å²) in [4.78, 5) is 26.8. The molecule has 0 aliphatic rings. The van der Waals surface area contributed by atoms with E-state index in [4.69, 9.17) is 4.52 Å². The summed E-state index contributed by atoms with van der Waals surface area (Å²) in [6, 6.07) is 9.81. The molecule has 3 aromatic rings. The minimum absolute atomic E-state index is 0.141. The van der Waals surface area contributed by atoms with Crippen LogP contribution < -0.4 is 5.32 Å². The Morgan fingerprint density at radius 1 is 1.14 bits per heavy atom. The van der Waals surface area contributed by atoms with Crippen LogP contribution in [-0.4, -0.2) is 35.7 Å². The summed E-state index contributed by atoms with van der Waals surface area (Å²) in [6.07, 6.45) is 0.141. The van der Waals surface area contributed by atoms with E-state index in [9.17, 15) is 9.59 Å². The van der Waals surface area contributed by atoms with Crippen molar-refractivity contribution in [1.29, 1.82) is 0 Å². The van der Waals surface area contributed by atoms with Gasteiger partial charge in [-0.05, 0) is 38.0 Å². The zero-order valence-corrected chi connectivity index (χ0v) is 16.4. The van der Waals surface area contributed by atoms with Gasteiger partial charge in [-0.3, -0.25) is 9.59 Å². The third-order valence-electron chi connectivity index (χ3n) is 4.62. The number of ether oxygens (including phenoxy) is 1. The minimum Gasteiger partial charge on any atom is -0.469 e. The van der Waals surface area contributed by atoms with Crippen molar-refractivity contribution < 1.29 is 18.8 Å². The van der Waals surface area contributed by atoms with Crippen LogP contribution in [0.2, 0.25) is 0 Å². The number of carbonyl (C=O) groups excluding carboxylic acids is 2. The van der Waals surface area contributed by atoms with E-state index in [2.05, 4.69) is 20.2 Å². The first-order valence-electron chi connectivity index (χ1n) is 8.99. The average molecular weight is 381 g/mol. The molecule has 0 atom stereocenters. The lowest BCUT2D eigenvalue weighted by atomic mass is 10.0. The Balaban J connectivity index is 1.75. The fraction of sp³-hybridized carbons (Fsp3) is 0.286. The fourth-order valence-corrected chi connectivity index (χ4v) is 3.14. The fourth-order valence-electron chi connectivity index (χ4n) is 3.14. The molecule has 3 rings (SSSR count). The molecule has 146 valence electrons. The van der Waals surface area contributed by atoms with E-state index in [1.165, 1.54) is 7.11 Å². The van der Waals surface area contributed by atoms with E-state index in [-0.39, 0.29) is 24.8 Å². The molecular weight excluding hydrogens is 358 g/mol. The van der Waals surface area contributed by atoms with E-state index in [1.54, 1.807) is 0 Å². The zero-order valence-electron chi connectivity index (χ0n) is 16.4. The number of hydrogen-bond acceptors (Lipinski definition) is 5. The van der Waals surface area contributed by atoms with Crippen LogP contribution in [0.4, 0.5) is 0 Å². The van der Waals surface area contributed by atoms with Gasteiger partial charge in [0, 0.05) is 23.5 Å². The number of rotatable bonds is 6. The minimum atomic E-state index is -0.356. The van der Waals surface area contributed by atoms with Crippen molar-refractivity contribution in [3.63, 3.8) is 0 Å². The Labute approximate surface area is 163 Å². The van der Waals surface area contributed by atoms with Crippen LogP contribution in [0.15, 0.2) is 34.9 Å². The Morgan fingerprint density at radius 2 is 1.82 bits per heavy atom. The molecule has 2 N–H and O–H groups in total. The van der Waals surface area contributed by atoms with Crippen LogP contribution in [0.1, 0.15) is 33.9 Å². The van der Waals surface area contributed by atoms with Gasteiger partial charge in [0.25, 0.3) is 5.91 Å². The Morgan fingerprint density at radius 3 is 2.43 bits per heavy atom. The Bertz CT molecular complexity index is 980. The number of methoxy groups -OCH3 is 1. The second-order valence-electron chi connectivity index (χ2n) is 6.58. The van der Waals surface area contributed by atoms with Gasteiger partial charge in [0.15, 0.2) is 0 Å². The second-order valence-corrected chi connectivity index (χ2v) is 6.58. The lowest BCUT2D eigenvalue weighted by Crippen LogP contribution is -2.26. The first-order valence-corrected chi connectivity index (χ1v) is 8.99. The lowest BCUT2D eigenvalue weighted by molar-refractivity contribution is -0.140. The van der Waals surface area contributed by atoms with E-state index < -0.39 is 0 Å². The van der Waals surface area contributed by atoms with Gasteiger partial charge in [-0.25, -0.2) is 0 Å². The summed E-state index contributed by atoms with van der Waals surface area (Å²) in [5, 5.41) is 6.73. The molecule has 7 heteroatoms. The quantitative estimate of drug-likeness (QED) is 0.637. The number of aromatic nitrogens is 2. The molecule has 0 bridgehead atoms. The maximum Gasteiger partial charge on any atom is 0.307 e. The number of hydrogen-bond donors (Lipinski definition) is 2. The van der Waals surface area contributed by atoms with Gasteiger partial charge in [-0.15, -0.1) is 0 Å². The van der Waals surface area contributed by atoms with Crippen LogP contribution in [0.25, 0.3) is 22.4 Å². The number of esters is 1. The average Bonchev–Trinajstić information content (AvgIpc) is 3.23. The van der Waals surface area contributed by atoms with Crippen molar-refractivity contribution in [2.24, 2.45) is 0 Å². The number of benzene rings is 1. The molecule has 0 aliphatic heterocycles. The topological polar surface area (TPSA) is 97.2 Å². The smallest absolute Gasteiger partial charge is 0.307 e. The van der Waals surface area contributed by atoms with Crippen LogP contribution >= 0.6 is 0 Å². The number of aryl methyl sites for hydroxylation is 3. The van der Waals surface area contributed by atoms with Gasteiger partial charge in [-0.1, -0.05) is 29.4 Å². The van der Waals surface area contributed by atoms with Gasteiger partial charge in [-0.2, -0.15) is 0 Å². The van der Waals surface area contributed by atoms with E-state index in [0.29, 0.717) is 5.56 Å². The Hall–Kier alpha value is -3.35. The monoisotopic (exact) mass is 381 g/mol. The summed E-state index contributed by atoms with van der Waals surface area (Å²) in [5.41, 5.74) is 6.01. The number of aromatic amines is 1. The highest BCUT2D eigenvalue weighted by atomic mass is 16.5. The molecule has 0 spiro atoms. The molecular formula is C21H23N3O4. The van der Waals surface area contributed by atoms with Crippen molar-refractivity contribution in [3.8, 4) is 22.4 Å². The molecule has 0 unspecified atom stereocenters. The highest BCUT2D eigenvalue weighted by Crippen LogP contribution is 2.29. The lowest BCUT2D eigenvalue weighted by Gasteiger charge is -2.03. The highest BCUT2D eigenvalue weighted by Gasteiger charge is 2.15. The summed E-state index contributed by atoms with van der Waals surface area (Å²) < 4.78 is 9.80. The van der Waals surface area contributed by atoms with E-state index >= 15 is 0 Å². The van der Waals surface area contributed by atoms with Crippen LogP contribution in [-0.2, 0) is 9.53 Å². The number of nitrogens with one attached hydrogen (secondary N) is 2. The van der Waals surface area contributed by atoms with Crippen molar-refractivity contribution in [2.45, 2.75) is 27.2 Å². The van der Waals surface area contributed by atoms with Crippen molar-refractivity contribution >= 4 is 11.9 Å². The second kappa shape index (κ2) is 8.12. The maximum absolute atomic E-state index is 12.4. The number of carbonyl (C=O) groups is 2. The molecule has 2 heterocycles. The Kier molecular flexibility index (Phi) is 5.63. The van der Waals surface area contributed by atoms with Crippen molar-refractivity contribution in [3.05, 3.63) is 53.0 Å². The standard InChI is InChI=1S/C21H23N3O4/c1-12-17(21(26)22-10-9-19(25)27-4)11-18(23-12)15-5-7-16(8-6-15)20-13(2)24-28-14(20)3/h5-8,11,23H,9-10H2,1-4H3,(H,22,26). The predicted octanol–water partition coefficient (Wildman–Crippen LogP) is 3.55. The molecule has 7 nitrogen and oxygen atoms in total. The van der Waals surface area contributed by atoms with Crippen LogP contribution in [0, 0.1) is 20.8 Å². The summed E-state index contributed by atoms with van der Waals surface area (Å²) in [6.45, 7) is 5.89. The van der Waals surface area contributed by atoms with E-state index in [1.807, 2.05) is 51.1 Å². The molecule has 2 aromatic heterocycles. The summed E-state index contributed by atoms with van der Waals surface area (Å²) in [5.74, 6) is 0.202. The van der Waals surface area contributed by atoms with Gasteiger partial charge in [0.05, 0.1) is 24.8 Å². The largest absolute Gasteiger partial charge is 0.469 e. The first-order chi connectivity index (χ1) is 13.4. The molecule has 1 aromatic carbocycles. The molecule has 0 aliphatic carbocycles. The number of H-pyrrole nitrogens is 1. The third kappa shape index (κ3) is 3.98. The van der Waals surface area contributed by atoms with Crippen LogP contribution in [0.5, 0.6) is 0 Å². The molecule has 28 heavy (non-hydrogen) atoms. The van der Waals surface area contributed by atoms with Crippen LogP contribution in [0.3, 0.4) is 0 Å². The molecule has 0 radical (unpaired) electrons. The van der Waals surface area contributed by atoms with E-state index in [0.717, 1.165) is 39.5 Å². The maximum atomic E-state index is 12.4. The molecule has 0 saturated heterocycles. The van der Waals surface area contributed by atoms with Gasteiger partial charge in [0.2, 0.25) is 0 Å². The zero-order chi connectivity index (χ0) is 20.3. The highest BCUT2D eigenvalue weighted by molar-refractivity contribution is 5.97. The first kappa shape index (κ1) is 19.4. The van der Waals surface area contributed by atoms with Crippen molar-refractivity contribution in [2.75, 3.05) is 13.7 Å². The third-order valence-corrected chi connectivity index (χ3v) is 4.62. The number of amides is 1. The normalized spacial score (nSPS) is 10.7. The molecule has 1 amide bonds.